The van der Waals surface area contributed by atoms with Crippen molar-refractivity contribution in [1.29, 1.82) is 0 Å². The lowest BCUT2D eigenvalue weighted by molar-refractivity contribution is -0.167. The SMILES string of the molecule is CCCOC(=O)C(OC(C)=O)c1ccc(OCC(=O)N(CC)CCC)c(OCCC)c1. The summed E-state index contributed by atoms with van der Waals surface area (Å²) in [6.45, 7) is 10.8. The molecule has 1 aromatic rings. The van der Waals surface area contributed by atoms with E-state index in [1.165, 1.54) is 6.92 Å². The molecule has 8 nitrogen and oxygen atoms in total. The van der Waals surface area contributed by atoms with Crippen molar-refractivity contribution in [2.45, 2.75) is 60.0 Å². The van der Waals surface area contributed by atoms with Gasteiger partial charge >= 0.3 is 11.9 Å². The van der Waals surface area contributed by atoms with E-state index >= 15 is 0 Å². The van der Waals surface area contributed by atoms with Crippen LogP contribution in [0, 0.1) is 0 Å². The maximum Gasteiger partial charge on any atom is 0.352 e. The van der Waals surface area contributed by atoms with Crippen LogP contribution in [0.15, 0.2) is 18.2 Å². The minimum atomic E-state index is -1.20. The molecule has 1 unspecified atom stereocenters. The van der Waals surface area contributed by atoms with Crippen LogP contribution in [0.25, 0.3) is 0 Å². The number of hydrogen-bond acceptors (Lipinski definition) is 7. The second-order valence-electron chi connectivity index (χ2n) is 6.97. The number of esters is 2. The summed E-state index contributed by atoms with van der Waals surface area (Å²) in [5.41, 5.74) is 0.405. The lowest BCUT2D eigenvalue weighted by Crippen LogP contribution is -2.35. The Kier molecular flexibility index (Phi) is 12.1. The van der Waals surface area contributed by atoms with E-state index in [1.54, 1.807) is 23.1 Å². The van der Waals surface area contributed by atoms with Gasteiger partial charge in [-0.15, -0.1) is 0 Å². The van der Waals surface area contributed by atoms with Crippen LogP contribution in [-0.2, 0) is 23.9 Å². The summed E-state index contributed by atoms with van der Waals surface area (Å²) in [7, 11) is 0. The molecule has 31 heavy (non-hydrogen) atoms. The average Bonchev–Trinajstić information content (AvgIpc) is 2.76. The number of benzene rings is 1. The molecule has 0 aliphatic rings. The van der Waals surface area contributed by atoms with Crippen molar-refractivity contribution in [2.24, 2.45) is 0 Å². The molecular formula is C23H35NO7. The monoisotopic (exact) mass is 437 g/mol. The first-order valence-corrected chi connectivity index (χ1v) is 10.9. The van der Waals surface area contributed by atoms with Gasteiger partial charge in [-0.25, -0.2) is 4.79 Å². The number of rotatable bonds is 14. The smallest absolute Gasteiger partial charge is 0.352 e. The molecule has 0 fully saturated rings. The molecule has 0 radical (unpaired) electrons. The fourth-order valence-corrected chi connectivity index (χ4v) is 2.79. The molecule has 0 aliphatic carbocycles. The highest BCUT2D eigenvalue weighted by atomic mass is 16.6. The summed E-state index contributed by atoms with van der Waals surface area (Å²) < 4.78 is 21.9. The molecule has 174 valence electrons. The molecule has 8 heteroatoms. The van der Waals surface area contributed by atoms with Crippen LogP contribution in [-0.4, -0.2) is 55.7 Å². The number of nitrogens with zero attached hydrogens (tertiary/aromatic N) is 1. The zero-order valence-corrected chi connectivity index (χ0v) is 19.3. The van der Waals surface area contributed by atoms with Gasteiger partial charge in [0.1, 0.15) is 0 Å². The second kappa shape index (κ2) is 14.3. The summed E-state index contributed by atoms with van der Waals surface area (Å²) in [5, 5.41) is 0. The molecule has 1 rings (SSSR count). The van der Waals surface area contributed by atoms with E-state index in [2.05, 4.69) is 0 Å². The summed E-state index contributed by atoms with van der Waals surface area (Å²) in [6, 6.07) is 4.79. The Morgan fingerprint density at radius 1 is 0.935 bits per heavy atom. The third-order valence-corrected chi connectivity index (χ3v) is 4.26. The highest BCUT2D eigenvalue weighted by molar-refractivity contribution is 5.80. The predicted molar refractivity (Wildman–Crippen MR) is 116 cm³/mol. The van der Waals surface area contributed by atoms with Gasteiger partial charge in [0.05, 0.1) is 13.2 Å². The molecule has 1 aromatic carbocycles. The Hall–Kier alpha value is -2.77. The van der Waals surface area contributed by atoms with Gasteiger partial charge in [0.2, 0.25) is 6.10 Å². The fourth-order valence-electron chi connectivity index (χ4n) is 2.79. The van der Waals surface area contributed by atoms with Crippen LogP contribution in [0.5, 0.6) is 11.5 Å². The van der Waals surface area contributed by atoms with Gasteiger partial charge in [-0.05, 0) is 38.3 Å². The quantitative estimate of drug-likeness (QED) is 0.410. The van der Waals surface area contributed by atoms with E-state index in [9.17, 15) is 14.4 Å². The third kappa shape index (κ3) is 8.86. The largest absolute Gasteiger partial charge is 0.490 e. The number of likely N-dealkylation sites (N-methyl/N-ethyl adjacent to an activating group) is 1. The standard InChI is InChI=1S/C23H35NO7/c1-6-12-24(9-4)21(26)16-30-19-11-10-18(15-20(19)28-13-7-2)22(31-17(5)25)23(27)29-14-8-3/h10-11,15,22H,6-9,12-14,16H2,1-5H3. The third-order valence-electron chi connectivity index (χ3n) is 4.26. The maximum atomic E-state index is 12.4. The topological polar surface area (TPSA) is 91.4 Å². The minimum Gasteiger partial charge on any atom is -0.490 e. The molecule has 0 saturated carbocycles. The van der Waals surface area contributed by atoms with Crippen molar-refractivity contribution in [3.63, 3.8) is 0 Å². The van der Waals surface area contributed by atoms with Gasteiger partial charge in [-0.2, -0.15) is 0 Å². The van der Waals surface area contributed by atoms with Gasteiger partial charge in [-0.1, -0.05) is 26.8 Å². The van der Waals surface area contributed by atoms with Crippen molar-refractivity contribution in [2.75, 3.05) is 32.9 Å². The van der Waals surface area contributed by atoms with Crippen LogP contribution < -0.4 is 9.47 Å². The number of carbonyl (C=O) groups is 3. The summed E-state index contributed by atoms with van der Waals surface area (Å²) in [5.74, 6) is -0.625. The molecule has 0 bridgehead atoms. The van der Waals surface area contributed by atoms with Gasteiger partial charge < -0.3 is 23.8 Å². The van der Waals surface area contributed by atoms with Crippen LogP contribution in [0.4, 0.5) is 0 Å². The molecule has 1 atom stereocenters. The van der Waals surface area contributed by atoms with Crippen molar-refractivity contribution >= 4 is 17.8 Å². The Morgan fingerprint density at radius 3 is 2.23 bits per heavy atom. The van der Waals surface area contributed by atoms with Crippen molar-refractivity contribution in [1.82, 2.24) is 4.90 Å². The second-order valence-corrected chi connectivity index (χ2v) is 6.97. The van der Waals surface area contributed by atoms with Crippen LogP contribution in [0.3, 0.4) is 0 Å². The molecule has 0 N–H and O–H groups in total. The van der Waals surface area contributed by atoms with E-state index in [-0.39, 0.29) is 19.1 Å². The van der Waals surface area contributed by atoms with Crippen LogP contribution in [0.1, 0.15) is 65.5 Å². The first-order valence-electron chi connectivity index (χ1n) is 10.9. The number of amides is 1. The summed E-state index contributed by atoms with van der Waals surface area (Å²) in [6.07, 6.45) is 1.07. The number of carbonyl (C=O) groups excluding carboxylic acids is 3. The normalized spacial score (nSPS) is 11.4. The van der Waals surface area contributed by atoms with Gasteiger partial charge in [-0.3, -0.25) is 9.59 Å². The van der Waals surface area contributed by atoms with Crippen LogP contribution in [0.2, 0.25) is 0 Å². The molecule has 0 heterocycles. The highest BCUT2D eigenvalue weighted by Gasteiger charge is 2.27. The molecule has 1 amide bonds. The molecule has 0 aromatic heterocycles. The fraction of sp³-hybridized carbons (Fsp3) is 0.609. The molecule has 0 spiro atoms. The Balaban J connectivity index is 3.09. The lowest BCUT2D eigenvalue weighted by Gasteiger charge is -2.21. The van der Waals surface area contributed by atoms with Crippen molar-refractivity contribution < 1.29 is 33.3 Å². The zero-order valence-electron chi connectivity index (χ0n) is 19.3. The predicted octanol–water partition coefficient (Wildman–Crippen LogP) is 3.67. The first kappa shape index (κ1) is 26.3. The molecule has 0 saturated heterocycles. The molecule has 0 aliphatic heterocycles. The lowest BCUT2D eigenvalue weighted by atomic mass is 10.1. The number of ether oxygens (including phenoxy) is 4. The van der Waals surface area contributed by atoms with Crippen LogP contribution >= 0.6 is 0 Å². The van der Waals surface area contributed by atoms with E-state index in [0.717, 1.165) is 12.8 Å². The van der Waals surface area contributed by atoms with Gasteiger partial charge in [0.15, 0.2) is 18.1 Å². The van der Waals surface area contributed by atoms with Gasteiger partial charge in [0.25, 0.3) is 5.91 Å². The Labute approximate surface area is 184 Å². The van der Waals surface area contributed by atoms with Crippen molar-refractivity contribution in [3.8, 4) is 11.5 Å². The average molecular weight is 438 g/mol. The Morgan fingerprint density at radius 2 is 1.65 bits per heavy atom. The van der Waals surface area contributed by atoms with E-state index in [4.69, 9.17) is 18.9 Å². The first-order chi connectivity index (χ1) is 14.9. The zero-order chi connectivity index (χ0) is 23.2. The summed E-state index contributed by atoms with van der Waals surface area (Å²) >= 11 is 0. The minimum absolute atomic E-state index is 0.115. The van der Waals surface area contributed by atoms with Gasteiger partial charge in [0, 0.05) is 25.6 Å². The molecular weight excluding hydrogens is 402 g/mol. The Bertz CT molecular complexity index is 720. The number of hydrogen-bond donors (Lipinski definition) is 0. The van der Waals surface area contributed by atoms with E-state index in [0.29, 0.717) is 43.2 Å². The van der Waals surface area contributed by atoms with Crippen molar-refractivity contribution in [3.05, 3.63) is 23.8 Å². The summed E-state index contributed by atoms with van der Waals surface area (Å²) in [4.78, 5) is 38.0. The van der Waals surface area contributed by atoms with E-state index in [1.807, 2.05) is 27.7 Å². The van der Waals surface area contributed by atoms with E-state index < -0.39 is 18.0 Å². The maximum absolute atomic E-state index is 12.4. The highest BCUT2D eigenvalue weighted by Crippen LogP contribution is 2.32.